The molecule has 0 aliphatic carbocycles. The number of rotatable bonds is 6. The van der Waals surface area contributed by atoms with Gasteiger partial charge in [0.1, 0.15) is 0 Å². The minimum Gasteiger partial charge on any atom is -0.335 e. The summed E-state index contributed by atoms with van der Waals surface area (Å²) >= 11 is 0. The van der Waals surface area contributed by atoms with E-state index in [2.05, 4.69) is 21.3 Å². The van der Waals surface area contributed by atoms with Crippen LogP contribution in [0.25, 0.3) is 0 Å². The molecule has 2 fully saturated rings. The summed E-state index contributed by atoms with van der Waals surface area (Å²) in [5.41, 5.74) is -1.73. The van der Waals surface area contributed by atoms with Crippen LogP contribution < -0.4 is 21.3 Å². The standard InChI is InChI=1S/C32H54N6O4/c1-27(2)17-23(18-28(3,4)37(27)41)33-25(39)35-31(9,10)21-13-15-22(16-14-21)32(11,12)36-26(40)34-24-19-29(5,6)38(42)30(7,8)20-24/h13-16,23-24H,17-20H2,1-12H3,(H2,33,35,39)(H2,34,36,40). The Morgan fingerprint density at radius 3 is 1.07 bits per heavy atom. The van der Waals surface area contributed by atoms with Crippen LogP contribution in [0.15, 0.2) is 24.3 Å². The number of nitrogens with one attached hydrogen (secondary N) is 4. The predicted molar refractivity (Wildman–Crippen MR) is 163 cm³/mol. The van der Waals surface area contributed by atoms with Gasteiger partial charge < -0.3 is 21.3 Å². The monoisotopic (exact) mass is 586 g/mol. The van der Waals surface area contributed by atoms with Crippen LogP contribution in [-0.2, 0) is 21.5 Å². The summed E-state index contributed by atoms with van der Waals surface area (Å²) in [7, 11) is 0. The van der Waals surface area contributed by atoms with Gasteiger partial charge in [-0.3, -0.25) is 0 Å². The smallest absolute Gasteiger partial charge is 0.315 e. The Morgan fingerprint density at radius 2 is 0.833 bits per heavy atom. The molecule has 0 unspecified atom stereocenters. The fourth-order valence-electron chi connectivity index (χ4n) is 7.19. The van der Waals surface area contributed by atoms with Gasteiger partial charge in [-0.05, 0) is 120 Å². The van der Waals surface area contributed by atoms with Gasteiger partial charge in [0.2, 0.25) is 0 Å². The third-order valence-electron chi connectivity index (χ3n) is 9.03. The molecular weight excluding hydrogens is 532 g/mol. The van der Waals surface area contributed by atoms with Crippen LogP contribution in [0.3, 0.4) is 0 Å². The van der Waals surface area contributed by atoms with E-state index in [1.54, 1.807) is 0 Å². The van der Waals surface area contributed by atoms with Crippen LogP contribution in [0, 0.1) is 0 Å². The van der Waals surface area contributed by atoms with Crippen LogP contribution in [0.5, 0.6) is 0 Å². The largest absolute Gasteiger partial charge is 0.335 e. The number of nitrogens with zero attached hydrogens (tertiary/aromatic N) is 2. The summed E-state index contributed by atoms with van der Waals surface area (Å²) < 4.78 is 0. The van der Waals surface area contributed by atoms with Crippen molar-refractivity contribution in [3.05, 3.63) is 35.4 Å². The maximum atomic E-state index is 13.0. The average Bonchev–Trinajstić information content (AvgIpc) is 2.79. The van der Waals surface area contributed by atoms with Gasteiger partial charge in [-0.1, -0.05) is 24.3 Å². The number of hydrogen-bond donors (Lipinski definition) is 4. The van der Waals surface area contributed by atoms with E-state index in [9.17, 15) is 20.0 Å². The van der Waals surface area contributed by atoms with Crippen molar-refractivity contribution in [2.75, 3.05) is 0 Å². The Morgan fingerprint density at radius 1 is 0.595 bits per heavy atom. The second kappa shape index (κ2) is 11.3. The van der Waals surface area contributed by atoms with Crippen LogP contribution in [0.1, 0.15) is 120 Å². The first-order valence-electron chi connectivity index (χ1n) is 15.1. The number of carbonyl (C=O) groups excluding carboxylic acids is 2. The third kappa shape index (κ3) is 7.56. The van der Waals surface area contributed by atoms with E-state index in [0.29, 0.717) is 25.7 Å². The van der Waals surface area contributed by atoms with Gasteiger partial charge >= 0.3 is 12.1 Å². The molecule has 1 aromatic rings. The average molecular weight is 587 g/mol. The van der Waals surface area contributed by atoms with E-state index in [1.807, 2.05) is 107 Å². The number of benzene rings is 1. The summed E-state index contributed by atoms with van der Waals surface area (Å²) in [5, 5.41) is 40.0. The Balaban J connectivity index is 1.61. The molecule has 2 radical (unpaired) electrons. The lowest BCUT2D eigenvalue weighted by Gasteiger charge is -2.50. The summed E-state index contributed by atoms with van der Waals surface area (Å²) in [5.74, 6) is 0. The van der Waals surface area contributed by atoms with Crippen LogP contribution in [-0.4, -0.2) is 56.4 Å². The molecule has 0 bridgehead atoms. The third-order valence-corrected chi connectivity index (χ3v) is 9.03. The van der Waals surface area contributed by atoms with E-state index in [1.165, 1.54) is 0 Å². The molecule has 10 nitrogen and oxygen atoms in total. The first kappa shape index (κ1) is 34.1. The van der Waals surface area contributed by atoms with E-state index in [4.69, 9.17) is 0 Å². The van der Waals surface area contributed by atoms with Crippen molar-refractivity contribution in [2.45, 2.75) is 154 Å². The van der Waals surface area contributed by atoms with Crippen molar-refractivity contribution in [3.63, 3.8) is 0 Å². The molecule has 2 aliphatic rings. The molecule has 0 atom stereocenters. The Hall–Kier alpha value is -2.40. The number of amides is 4. The van der Waals surface area contributed by atoms with Crippen molar-refractivity contribution in [3.8, 4) is 0 Å². The van der Waals surface area contributed by atoms with Crippen molar-refractivity contribution >= 4 is 12.1 Å². The normalized spacial score (nSPS) is 23.2. The highest BCUT2D eigenvalue weighted by Crippen LogP contribution is 2.38. The van der Waals surface area contributed by atoms with Crippen molar-refractivity contribution < 1.29 is 20.0 Å². The molecule has 1 aromatic carbocycles. The highest BCUT2D eigenvalue weighted by Gasteiger charge is 2.48. The molecule has 0 saturated carbocycles. The maximum absolute atomic E-state index is 13.0. The Bertz CT molecular complexity index is 1020. The van der Waals surface area contributed by atoms with Crippen LogP contribution in [0.4, 0.5) is 9.59 Å². The minimum absolute atomic E-state index is 0.110. The number of hydroxylamine groups is 4. The number of carbonyl (C=O) groups is 2. The van der Waals surface area contributed by atoms with Gasteiger partial charge in [0.15, 0.2) is 0 Å². The van der Waals surface area contributed by atoms with E-state index in [0.717, 1.165) is 21.3 Å². The number of piperidine rings is 2. The van der Waals surface area contributed by atoms with Gasteiger partial charge in [-0.2, -0.15) is 0 Å². The molecule has 42 heavy (non-hydrogen) atoms. The van der Waals surface area contributed by atoms with E-state index >= 15 is 0 Å². The Labute approximate surface area is 252 Å². The summed E-state index contributed by atoms with van der Waals surface area (Å²) in [6.07, 6.45) is 2.30. The molecular formula is C32H54N6O4. The topological polar surface area (TPSA) is 129 Å². The molecule has 10 heteroatoms. The second-order valence-electron chi connectivity index (χ2n) is 16.1. The lowest BCUT2D eigenvalue weighted by atomic mass is 9.79. The molecule has 0 spiro atoms. The Kier molecular flexibility index (Phi) is 9.14. The van der Waals surface area contributed by atoms with Crippen LogP contribution in [0.2, 0.25) is 0 Å². The summed E-state index contributed by atoms with van der Waals surface area (Å²) in [4.78, 5) is 26.0. The number of urea groups is 2. The van der Waals surface area contributed by atoms with Crippen LogP contribution >= 0.6 is 0 Å². The SMILES string of the molecule is CC(C)(NC(=O)NC1CC(C)(C)N([O])C(C)(C)C1)c1ccc(C(C)(C)NC(=O)NC2CC(C)(C)N([O])C(C)(C)C2)cc1. The van der Waals surface area contributed by atoms with Gasteiger partial charge in [0.05, 0.1) is 11.1 Å². The van der Waals surface area contributed by atoms with Gasteiger partial charge in [-0.25, -0.2) is 9.59 Å². The molecule has 0 aromatic heterocycles. The highest BCUT2D eigenvalue weighted by atomic mass is 16.5. The zero-order valence-corrected chi connectivity index (χ0v) is 27.8. The molecule has 2 saturated heterocycles. The summed E-state index contributed by atoms with van der Waals surface area (Å²) in [6.45, 7) is 23.1. The maximum Gasteiger partial charge on any atom is 0.315 e. The first-order chi connectivity index (χ1) is 18.9. The quantitative estimate of drug-likeness (QED) is 0.351. The lowest BCUT2D eigenvalue weighted by Crippen LogP contribution is -2.63. The lowest BCUT2D eigenvalue weighted by molar-refractivity contribution is -0.289. The van der Waals surface area contributed by atoms with Gasteiger partial charge in [0, 0.05) is 34.2 Å². The van der Waals surface area contributed by atoms with E-state index < -0.39 is 33.2 Å². The number of hydrogen-bond acceptors (Lipinski definition) is 4. The molecule has 4 N–H and O–H groups in total. The second-order valence-corrected chi connectivity index (χ2v) is 16.1. The summed E-state index contributed by atoms with van der Waals surface area (Å²) in [6, 6.07) is 7.10. The molecule has 2 aliphatic heterocycles. The first-order valence-corrected chi connectivity index (χ1v) is 15.1. The molecule has 236 valence electrons. The molecule has 3 rings (SSSR count). The van der Waals surface area contributed by atoms with Gasteiger partial charge in [0.25, 0.3) is 0 Å². The highest BCUT2D eigenvalue weighted by molar-refractivity contribution is 5.76. The fourth-order valence-corrected chi connectivity index (χ4v) is 7.19. The van der Waals surface area contributed by atoms with Crippen molar-refractivity contribution in [1.82, 2.24) is 31.4 Å². The van der Waals surface area contributed by atoms with Crippen molar-refractivity contribution in [1.29, 1.82) is 0 Å². The predicted octanol–water partition coefficient (Wildman–Crippen LogP) is 5.49. The van der Waals surface area contributed by atoms with Gasteiger partial charge in [-0.15, -0.1) is 20.5 Å². The molecule has 2 heterocycles. The van der Waals surface area contributed by atoms with Crippen molar-refractivity contribution in [2.24, 2.45) is 0 Å². The zero-order chi connectivity index (χ0) is 32.1. The molecule has 4 amide bonds. The zero-order valence-electron chi connectivity index (χ0n) is 27.8. The van der Waals surface area contributed by atoms with E-state index in [-0.39, 0.29) is 24.1 Å². The minimum atomic E-state index is -0.655. The fraction of sp³-hybridized carbons (Fsp3) is 0.750.